The zero-order valence-electron chi connectivity index (χ0n) is 10.1. The first-order valence-electron chi connectivity index (χ1n) is 6.01. The Morgan fingerprint density at radius 2 is 1.94 bits per heavy atom. The van der Waals surface area contributed by atoms with Crippen molar-refractivity contribution in [2.45, 2.75) is 38.2 Å². The van der Waals surface area contributed by atoms with Crippen molar-refractivity contribution in [1.82, 2.24) is 0 Å². The van der Waals surface area contributed by atoms with Crippen molar-refractivity contribution in [3.05, 3.63) is 35.4 Å². The summed E-state index contributed by atoms with van der Waals surface area (Å²) in [7, 11) is -0.864. The van der Waals surface area contributed by atoms with Gasteiger partial charge in [0, 0.05) is 6.07 Å². The minimum absolute atomic E-state index is 0.490. The predicted octanol–water partition coefficient (Wildman–Crippen LogP) is 1.46. The van der Waals surface area contributed by atoms with Crippen molar-refractivity contribution in [3.63, 3.8) is 0 Å². The molecule has 0 radical (unpaired) electrons. The lowest BCUT2D eigenvalue weighted by Gasteiger charge is -2.05. The Labute approximate surface area is 107 Å². The first kappa shape index (κ1) is 15.2. The number of hydrogen-bond acceptors (Lipinski definition) is 3. The topological polar surface area (TPSA) is 49.7 Å². The van der Waals surface area contributed by atoms with Gasteiger partial charge in [0.2, 0.25) is 0 Å². The molecule has 0 saturated carbocycles. The van der Waals surface area contributed by atoms with Crippen molar-refractivity contribution in [2.24, 2.45) is 0 Å². The lowest BCUT2D eigenvalue weighted by Crippen LogP contribution is -2.12. The van der Waals surface area contributed by atoms with Gasteiger partial charge in [0.05, 0.1) is 0 Å². The van der Waals surface area contributed by atoms with Crippen LogP contribution in [0.3, 0.4) is 0 Å². The molecule has 0 aromatic heterocycles. The van der Waals surface area contributed by atoms with Gasteiger partial charge in [-0.1, -0.05) is 18.9 Å². The van der Waals surface area contributed by atoms with Gasteiger partial charge in [-0.15, -0.1) is 0 Å². The van der Waals surface area contributed by atoms with Crippen LogP contribution in [0.25, 0.3) is 0 Å². The molecule has 0 saturated heterocycles. The second-order valence-electron chi connectivity index (χ2n) is 4.10. The third-order valence-electron chi connectivity index (χ3n) is 2.62. The summed E-state index contributed by atoms with van der Waals surface area (Å²) >= 11 is 0. The van der Waals surface area contributed by atoms with Crippen LogP contribution in [0, 0.1) is 11.6 Å². The van der Waals surface area contributed by atoms with Crippen LogP contribution in [-0.4, -0.2) is 26.5 Å². The molecule has 0 aliphatic rings. The smallest absolute Gasteiger partial charge is 0.256 e. The number of benzene rings is 1. The summed E-state index contributed by atoms with van der Waals surface area (Å²) in [5, 5.41) is 16.9. The van der Waals surface area contributed by atoms with Gasteiger partial charge >= 0.3 is 0 Å². The molecule has 2 N–H and O–H groups in total. The van der Waals surface area contributed by atoms with E-state index in [4.69, 9.17) is 10.2 Å². The van der Waals surface area contributed by atoms with E-state index in [0.29, 0.717) is 12.0 Å². The normalized spacial score (nSPS) is 11.8. The fourth-order valence-corrected chi connectivity index (χ4v) is 2.62. The molecule has 0 bridgehead atoms. The van der Waals surface area contributed by atoms with Gasteiger partial charge in [-0.2, -0.15) is 0 Å². The van der Waals surface area contributed by atoms with Gasteiger partial charge in [0.15, 0.2) is 9.76 Å². The zero-order chi connectivity index (χ0) is 13.4. The number of aliphatic hydroxyl groups excluding tert-OH is 1. The minimum Gasteiger partial charge on any atom is -0.379 e. The summed E-state index contributed by atoms with van der Waals surface area (Å²) in [6.07, 6.45) is 3.28. The monoisotopic (exact) mass is 276 g/mol. The van der Waals surface area contributed by atoms with Crippen LogP contribution in [0.15, 0.2) is 18.2 Å². The summed E-state index contributed by atoms with van der Waals surface area (Å²) < 4.78 is 30.6. The highest BCUT2D eigenvalue weighted by molar-refractivity contribution is 6.26. The van der Waals surface area contributed by atoms with Crippen molar-refractivity contribution < 1.29 is 23.4 Å². The SMILES string of the molecule is OC(O)O[SiH2]CCCCCc1ccc(F)cc1F. The molecule has 0 spiro atoms. The average Bonchev–Trinajstić information content (AvgIpc) is 2.30. The summed E-state index contributed by atoms with van der Waals surface area (Å²) in [5.74, 6) is -1.04. The van der Waals surface area contributed by atoms with E-state index in [1.54, 1.807) is 0 Å². The molecule has 1 aromatic rings. The van der Waals surface area contributed by atoms with E-state index < -0.39 is 27.9 Å². The van der Waals surface area contributed by atoms with Gasteiger partial charge < -0.3 is 14.6 Å². The largest absolute Gasteiger partial charge is 0.379 e. The van der Waals surface area contributed by atoms with Crippen LogP contribution >= 0.6 is 0 Å². The summed E-state index contributed by atoms with van der Waals surface area (Å²) in [6.45, 7) is -1.65. The molecule has 0 fully saturated rings. The van der Waals surface area contributed by atoms with E-state index in [1.807, 2.05) is 0 Å². The van der Waals surface area contributed by atoms with Crippen LogP contribution in [0.4, 0.5) is 8.78 Å². The number of hydrogen-bond donors (Lipinski definition) is 2. The lowest BCUT2D eigenvalue weighted by molar-refractivity contribution is -0.180. The highest BCUT2D eigenvalue weighted by atomic mass is 28.2. The summed E-state index contributed by atoms with van der Waals surface area (Å²) in [6, 6.07) is 4.51. The molecular formula is C12H18F2O3Si. The van der Waals surface area contributed by atoms with E-state index >= 15 is 0 Å². The van der Waals surface area contributed by atoms with Crippen LogP contribution in [-0.2, 0) is 10.8 Å². The number of halogens is 2. The van der Waals surface area contributed by atoms with Crippen molar-refractivity contribution in [1.29, 1.82) is 0 Å². The fourth-order valence-electron chi connectivity index (χ4n) is 1.68. The standard InChI is InChI=1S/C12H18F2O3Si/c13-10-6-5-9(11(14)8-10)4-2-1-3-7-18-17-12(15)16/h5-6,8,12,15-16H,1-4,7,18H2. The van der Waals surface area contributed by atoms with Crippen molar-refractivity contribution in [2.75, 3.05) is 0 Å². The summed E-state index contributed by atoms with van der Waals surface area (Å²) in [4.78, 5) is 0. The molecule has 0 amide bonds. The second-order valence-corrected chi connectivity index (χ2v) is 5.55. The Hall–Kier alpha value is -0.823. The Morgan fingerprint density at radius 1 is 1.17 bits per heavy atom. The number of unbranched alkanes of at least 4 members (excludes halogenated alkanes) is 2. The number of rotatable bonds is 8. The minimum atomic E-state index is -1.65. The highest BCUT2D eigenvalue weighted by Crippen LogP contribution is 2.13. The second kappa shape index (κ2) is 8.31. The van der Waals surface area contributed by atoms with Gasteiger partial charge in [-0.25, -0.2) is 8.78 Å². The first-order valence-corrected chi connectivity index (χ1v) is 7.59. The Balaban J connectivity index is 2.11. The highest BCUT2D eigenvalue weighted by Gasteiger charge is 2.03. The van der Waals surface area contributed by atoms with Gasteiger partial charge in [-0.05, 0) is 30.5 Å². The molecule has 1 aromatic carbocycles. The lowest BCUT2D eigenvalue weighted by atomic mass is 10.1. The number of aryl methyl sites for hydroxylation is 1. The van der Waals surface area contributed by atoms with Crippen molar-refractivity contribution in [3.8, 4) is 0 Å². The Kier molecular flexibility index (Phi) is 7.03. The fraction of sp³-hybridized carbons (Fsp3) is 0.500. The van der Waals surface area contributed by atoms with Gasteiger partial charge in [0.1, 0.15) is 11.6 Å². The quantitative estimate of drug-likeness (QED) is 0.429. The molecular weight excluding hydrogens is 258 g/mol. The van der Waals surface area contributed by atoms with E-state index in [1.165, 1.54) is 12.1 Å². The molecule has 0 heterocycles. The molecule has 18 heavy (non-hydrogen) atoms. The van der Waals surface area contributed by atoms with Gasteiger partial charge in [-0.3, -0.25) is 0 Å². The maximum absolute atomic E-state index is 13.3. The summed E-state index contributed by atoms with van der Waals surface area (Å²) in [5.41, 5.74) is 0.538. The molecule has 102 valence electrons. The Bertz CT molecular complexity index is 361. The predicted molar refractivity (Wildman–Crippen MR) is 66.6 cm³/mol. The van der Waals surface area contributed by atoms with Crippen LogP contribution in [0.2, 0.25) is 6.04 Å². The number of aliphatic hydroxyl groups is 2. The third kappa shape index (κ3) is 6.20. The third-order valence-corrected chi connectivity index (χ3v) is 3.95. The molecule has 0 aliphatic carbocycles. The Morgan fingerprint density at radius 3 is 2.61 bits per heavy atom. The van der Waals surface area contributed by atoms with Gasteiger partial charge in [0.25, 0.3) is 6.48 Å². The molecule has 6 heteroatoms. The zero-order valence-corrected chi connectivity index (χ0v) is 11.5. The van der Waals surface area contributed by atoms with Crippen molar-refractivity contribution >= 4 is 9.76 Å². The van der Waals surface area contributed by atoms with E-state index in [2.05, 4.69) is 4.43 Å². The van der Waals surface area contributed by atoms with E-state index in [-0.39, 0.29) is 0 Å². The van der Waals surface area contributed by atoms with E-state index in [0.717, 1.165) is 31.4 Å². The first-order chi connectivity index (χ1) is 8.59. The maximum Gasteiger partial charge on any atom is 0.256 e. The molecule has 0 unspecified atom stereocenters. The molecule has 1 rings (SSSR count). The molecule has 0 atom stereocenters. The van der Waals surface area contributed by atoms with Crippen LogP contribution in [0.1, 0.15) is 24.8 Å². The molecule has 0 aliphatic heterocycles. The maximum atomic E-state index is 13.3. The molecule has 3 nitrogen and oxygen atoms in total. The van der Waals surface area contributed by atoms with Crippen LogP contribution < -0.4 is 0 Å². The van der Waals surface area contributed by atoms with E-state index in [9.17, 15) is 8.78 Å². The van der Waals surface area contributed by atoms with Crippen LogP contribution in [0.5, 0.6) is 0 Å². The average molecular weight is 276 g/mol.